The Bertz CT molecular complexity index is 201. The molecule has 0 radical (unpaired) electrons. The SMILES string of the molecule is CCOC1(C)CN([C@@H]2CCC[C@H]2O)C1. The second-order valence-electron chi connectivity index (χ2n) is 4.85. The number of hydrogen-bond donors (Lipinski definition) is 1. The number of aliphatic hydroxyl groups is 1. The summed E-state index contributed by atoms with van der Waals surface area (Å²) in [6.07, 6.45) is 3.21. The van der Waals surface area contributed by atoms with Crippen molar-refractivity contribution in [3.05, 3.63) is 0 Å². The normalized spacial score (nSPS) is 37.1. The Morgan fingerprint density at radius 3 is 2.64 bits per heavy atom. The van der Waals surface area contributed by atoms with Crippen LogP contribution in [0.2, 0.25) is 0 Å². The van der Waals surface area contributed by atoms with Gasteiger partial charge in [0.05, 0.1) is 11.7 Å². The lowest BCUT2D eigenvalue weighted by Crippen LogP contribution is -2.65. The lowest BCUT2D eigenvalue weighted by Gasteiger charge is -2.51. The maximum atomic E-state index is 9.74. The predicted molar refractivity (Wildman–Crippen MR) is 55.2 cm³/mol. The summed E-state index contributed by atoms with van der Waals surface area (Å²) in [4.78, 5) is 2.37. The molecule has 0 bridgehead atoms. The van der Waals surface area contributed by atoms with Crippen LogP contribution in [0, 0.1) is 0 Å². The Balaban J connectivity index is 1.81. The van der Waals surface area contributed by atoms with Gasteiger partial charge in [0.1, 0.15) is 0 Å². The number of aliphatic hydroxyl groups excluding tert-OH is 1. The number of nitrogens with zero attached hydrogens (tertiary/aromatic N) is 1. The van der Waals surface area contributed by atoms with Crippen molar-refractivity contribution in [1.82, 2.24) is 4.90 Å². The average Bonchev–Trinajstić information content (AvgIpc) is 2.47. The predicted octanol–water partition coefficient (Wildman–Crippen LogP) is 1.01. The summed E-state index contributed by atoms with van der Waals surface area (Å²) in [5, 5.41) is 9.74. The van der Waals surface area contributed by atoms with Crippen molar-refractivity contribution >= 4 is 0 Å². The average molecular weight is 199 g/mol. The fraction of sp³-hybridized carbons (Fsp3) is 1.00. The molecule has 0 unspecified atom stereocenters. The highest BCUT2D eigenvalue weighted by Crippen LogP contribution is 2.33. The fourth-order valence-electron chi connectivity index (χ4n) is 2.83. The molecule has 0 amide bonds. The van der Waals surface area contributed by atoms with Crippen LogP contribution in [0.1, 0.15) is 33.1 Å². The van der Waals surface area contributed by atoms with E-state index in [0.29, 0.717) is 6.04 Å². The largest absolute Gasteiger partial charge is 0.391 e. The molecule has 3 nitrogen and oxygen atoms in total. The molecular formula is C11H21NO2. The molecule has 2 aliphatic rings. The molecule has 82 valence electrons. The first-order chi connectivity index (χ1) is 6.64. The van der Waals surface area contributed by atoms with Crippen LogP contribution in [0.3, 0.4) is 0 Å². The van der Waals surface area contributed by atoms with Gasteiger partial charge in [0.2, 0.25) is 0 Å². The molecule has 2 fully saturated rings. The van der Waals surface area contributed by atoms with Crippen LogP contribution >= 0.6 is 0 Å². The maximum absolute atomic E-state index is 9.74. The summed E-state index contributed by atoms with van der Waals surface area (Å²) in [5.41, 5.74) is 0.0526. The molecule has 2 rings (SSSR count). The third-order valence-corrected chi connectivity index (χ3v) is 3.48. The standard InChI is InChI=1S/C11H21NO2/c1-3-14-11(2)7-12(8-11)9-5-4-6-10(9)13/h9-10,13H,3-8H2,1-2H3/t9-,10-/m1/s1. The zero-order valence-corrected chi connectivity index (χ0v) is 9.20. The van der Waals surface area contributed by atoms with Gasteiger partial charge < -0.3 is 9.84 Å². The molecule has 1 N–H and O–H groups in total. The smallest absolute Gasteiger partial charge is 0.0907 e. The summed E-state index contributed by atoms with van der Waals surface area (Å²) in [6, 6.07) is 0.406. The molecule has 1 saturated carbocycles. The second-order valence-corrected chi connectivity index (χ2v) is 4.85. The van der Waals surface area contributed by atoms with Crippen LogP contribution in [0.25, 0.3) is 0 Å². The zero-order chi connectivity index (χ0) is 10.2. The van der Waals surface area contributed by atoms with Crippen LogP contribution < -0.4 is 0 Å². The molecule has 1 heterocycles. The number of ether oxygens (including phenoxy) is 1. The van der Waals surface area contributed by atoms with E-state index in [1.807, 2.05) is 6.92 Å². The van der Waals surface area contributed by atoms with Gasteiger partial charge in [0.15, 0.2) is 0 Å². The molecular weight excluding hydrogens is 178 g/mol. The first kappa shape index (κ1) is 10.4. The minimum absolute atomic E-state index is 0.0526. The Labute approximate surface area is 86.0 Å². The van der Waals surface area contributed by atoms with Crippen LogP contribution in [0.5, 0.6) is 0 Å². The van der Waals surface area contributed by atoms with E-state index in [1.54, 1.807) is 0 Å². The number of likely N-dealkylation sites (tertiary alicyclic amines) is 1. The molecule has 0 aromatic carbocycles. The number of hydrogen-bond acceptors (Lipinski definition) is 3. The van der Waals surface area contributed by atoms with Crippen LogP contribution in [0.4, 0.5) is 0 Å². The highest BCUT2D eigenvalue weighted by atomic mass is 16.5. The van der Waals surface area contributed by atoms with Gasteiger partial charge >= 0.3 is 0 Å². The Hall–Kier alpha value is -0.120. The van der Waals surface area contributed by atoms with E-state index < -0.39 is 0 Å². The molecule has 3 heteroatoms. The molecule has 14 heavy (non-hydrogen) atoms. The third-order valence-electron chi connectivity index (χ3n) is 3.48. The Morgan fingerprint density at radius 2 is 2.14 bits per heavy atom. The molecule has 0 spiro atoms. The van der Waals surface area contributed by atoms with Crippen molar-refractivity contribution in [3.63, 3.8) is 0 Å². The van der Waals surface area contributed by atoms with E-state index in [0.717, 1.165) is 32.5 Å². The van der Waals surface area contributed by atoms with E-state index in [9.17, 15) is 5.11 Å². The van der Waals surface area contributed by atoms with E-state index >= 15 is 0 Å². The van der Waals surface area contributed by atoms with Crippen molar-refractivity contribution in [2.24, 2.45) is 0 Å². The molecule has 1 aliphatic carbocycles. The number of rotatable bonds is 3. The van der Waals surface area contributed by atoms with Crippen molar-refractivity contribution in [2.75, 3.05) is 19.7 Å². The lowest BCUT2D eigenvalue weighted by molar-refractivity contribution is -0.150. The van der Waals surface area contributed by atoms with E-state index in [-0.39, 0.29) is 11.7 Å². The second kappa shape index (κ2) is 3.80. The molecule has 0 aromatic rings. The van der Waals surface area contributed by atoms with Gasteiger partial charge in [-0.1, -0.05) is 0 Å². The summed E-state index contributed by atoms with van der Waals surface area (Å²) in [5.74, 6) is 0. The monoisotopic (exact) mass is 199 g/mol. The quantitative estimate of drug-likeness (QED) is 0.736. The van der Waals surface area contributed by atoms with Crippen molar-refractivity contribution in [2.45, 2.75) is 50.9 Å². The first-order valence-electron chi connectivity index (χ1n) is 5.71. The van der Waals surface area contributed by atoms with Gasteiger partial charge in [-0.3, -0.25) is 4.90 Å². The molecule has 1 aliphatic heterocycles. The van der Waals surface area contributed by atoms with Crippen LogP contribution in [-0.4, -0.2) is 47.4 Å². The Morgan fingerprint density at radius 1 is 1.43 bits per heavy atom. The summed E-state index contributed by atoms with van der Waals surface area (Å²) < 4.78 is 5.67. The fourth-order valence-corrected chi connectivity index (χ4v) is 2.83. The first-order valence-corrected chi connectivity index (χ1v) is 5.71. The van der Waals surface area contributed by atoms with Gasteiger partial charge in [-0.05, 0) is 33.1 Å². The summed E-state index contributed by atoms with van der Waals surface area (Å²) in [7, 11) is 0. The van der Waals surface area contributed by atoms with Crippen molar-refractivity contribution in [3.8, 4) is 0 Å². The van der Waals surface area contributed by atoms with Gasteiger partial charge in [-0.15, -0.1) is 0 Å². The summed E-state index contributed by atoms with van der Waals surface area (Å²) >= 11 is 0. The minimum Gasteiger partial charge on any atom is -0.391 e. The lowest BCUT2D eigenvalue weighted by atomic mass is 9.93. The van der Waals surface area contributed by atoms with E-state index in [2.05, 4.69) is 11.8 Å². The highest BCUT2D eigenvalue weighted by molar-refractivity contribution is 4.99. The summed E-state index contributed by atoms with van der Waals surface area (Å²) in [6.45, 7) is 6.97. The van der Waals surface area contributed by atoms with Gasteiger partial charge in [0.25, 0.3) is 0 Å². The van der Waals surface area contributed by atoms with Gasteiger partial charge in [-0.25, -0.2) is 0 Å². The zero-order valence-electron chi connectivity index (χ0n) is 9.20. The Kier molecular flexibility index (Phi) is 2.82. The molecule has 1 saturated heterocycles. The maximum Gasteiger partial charge on any atom is 0.0907 e. The topological polar surface area (TPSA) is 32.7 Å². The third kappa shape index (κ3) is 1.81. The molecule has 0 aromatic heterocycles. The minimum atomic E-state index is -0.0961. The van der Waals surface area contributed by atoms with Gasteiger partial charge in [0, 0.05) is 25.7 Å². The van der Waals surface area contributed by atoms with Crippen molar-refractivity contribution < 1.29 is 9.84 Å². The van der Waals surface area contributed by atoms with E-state index in [4.69, 9.17) is 4.74 Å². The van der Waals surface area contributed by atoms with E-state index in [1.165, 1.54) is 6.42 Å². The van der Waals surface area contributed by atoms with Crippen molar-refractivity contribution in [1.29, 1.82) is 0 Å². The van der Waals surface area contributed by atoms with Gasteiger partial charge in [-0.2, -0.15) is 0 Å². The van der Waals surface area contributed by atoms with Crippen LogP contribution in [-0.2, 0) is 4.74 Å². The van der Waals surface area contributed by atoms with Crippen LogP contribution in [0.15, 0.2) is 0 Å². The molecule has 2 atom stereocenters. The highest BCUT2D eigenvalue weighted by Gasteiger charge is 2.45.